The Morgan fingerprint density at radius 1 is 1.62 bits per heavy atom. The molecule has 0 amide bonds. The molecule has 1 rings (SSSR count). The summed E-state index contributed by atoms with van der Waals surface area (Å²) in [7, 11) is 0. The summed E-state index contributed by atoms with van der Waals surface area (Å²) in [4.78, 5) is 11.3. The standard InChI is InChI=1S/C9H7NO2S/c1-6-2-3-7(9(11)12)4-8(6)13-5-10/h2-4H,1H3,(H,11,12). The van der Waals surface area contributed by atoms with E-state index in [0.29, 0.717) is 4.90 Å². The number of carbonyl (C=O) groups is 1. The van der Waals surface area contributed by atoms with Crippen molar-refractivity contribution in [3.05, 3.63) is 29.3 Å². The number of hydrogen-bond donors (Lipinski definition) is 1. The fourth-order valence-electron chi connectivity index (χ4n) is 0.892. The fourth-order valence-corrected chi connectivity index (χ4v) is 1.41. The normalized spacial score (nSPS) is 9.23. The highest BCUT2D eigenvalue weighted by molar-refractivity contribution is 8.03. The van der Waals surface area contributed by atoms with Gasteiger partial charge in [-0.1, -0.05) is 6.07 Å². The lowest BCUT2D eigenvalue weighted by atomic mass is 10.1. The molecular formula is C9H7NO2S. The van der Waals surface area contributed by atoms with Gasteiger partial charge in [-0.25, -0.2) is 4.79 Å². The zero-order valence-corrected chi connectivity index (χ0v) is 7.76. The summed E-state index contributed by atoms with van der Waals surface area (Å²) in [6, 6.07) is 4.73. The molecular weight excluding hydrogens is 186 g/mol. The molecule has 0 heterocycles. The Hall–Kier alpha value is -1.47. The molecule has 0 unspecified atom stereocenters. The molecule has 1 aromatic carbocycles. The second kappa shape index (κ2) is 3.97. The molecule has 0 fully saturated rings. The van der Waals surface area contributed by atoms with Gasteiger partial charge in [-0.3, -0.25) is 0 Å². The molecule has 1 N–H and O–H groups in total. The van der Waals surface area contributed by atoms with Crippen molar-refractivity contribution in [2.75, 3.05) is 0 Å². The topological polar surface area (TPSA) is 61.1 Å². The number of hydrogen-bond acceptors (Lipinski definition) is 3. The first-order valence-corrected chi connectivity index (χ1v) is 4.36. The second-order valence-electron chi connectivity index (χ2n) is 2.48. The van der Waals surface area contributed by atoms with Crippen LogP contribution < -0.4 is 0 Å². The summed E-state index contributed by atoms with van der Waals surface area (Å²) < 4.78 is 0. The molecule has 0 aliphatic rings. The summed E-state index contributed by atoms with van der Waals surface area (Å²) in [6.07, 6.45) is 0. The average molecular weight is 193 g/mol. The van der Waals surface area contributed by atoms with Crippen LogP contribution in [0.5, 0.6) is 0 Å². The number of aryl methyl sites for hydroxylation is 1. The monoisotopic (exact) mass is 193 g/mol. The molecule has 3 nitrogen and oxygen atoms in total. The zero-order valence-electron chi connectivity index (χ0n) is 6.94. The van der Waals surface area contributed by atoms with E-state index < -0.39 is 5.97 Å². The molecule has 13 heavy (non-hydrogen) atoms. The van der Waals surface area contributed by atoms with Gasteiger partial charge in [0.15, 0.2) is 0 Å². The van der Waals surface area contributed by atoms with Crippen molar-refractivity contribution in [2.45, 2.75) is 11.8 Å². The molecule has 0 spiro atoms. The summed E-state index contributed by atoms with van der Waals surface area (Å²) in [6.45, 7) is 1.84. The van der Waals surface area contributed by atoms with Crippen molar-refractivity contribution in [3.63, 3.8) is 0 Å². The molecule has 0 aromatic heterocycles. The number of rotatable bonds is 2. The van der Waals surface area contributed by atoms with Crippen molar-refractivity contribution in [2.24, 2.45) is 0 Å². The first-order chi connectivity index (χ1) is 6.15. The van der Waals surface area contributed by atoms with Crippen LogP contribution in [0, 0.1) is 17.6 Å². The third kappa shape index (κ3) is 2.23. The van der Waals surface area contributed by atoms with E-state index in [9.17, 15) is 4.79 Å². The maximum atomic E-state index is 10.6. The number of nitriles is 1. The van der Waals surface area contributed by atoms with Gasteiger partial charge in [0.1, 0.15) is 5.40 Å². The van der Waals surface area contributed by atoms with Crippen LogP contribution in [0.3, 0.4) is 0 Å². The van der Waals surface area contributed by atoms with Crippen LogP contribution in [0.1, 0.15) is 15.9 Å². The third-order valence-corrected chi connectivity index (χ3v) is 2.34. The Morgan fingerprint density at radius 2 is 2.31 bits per heavy atom. The minimum absolute atomic E-state index is 0.211. The van der Waals surface area contributed by atoms with Gasteiger partial charge in [0.2, 0.25) is 0 Å². The Bertz CT molecular complexity index is 382. The van der Waals surface area contributed by atoms with Gasteiger partial charge in [-0.05, 0) is 36.4 Å². The molecule has 0 bridgehead atoms. The number of carboxylic acids is 1. The van der Waals surface area contributed by atoms with Crippen LogP contribution in [-0.2, 0) is 0 Å². The van der Waals surface area contributed by atoms with Crippen LogP contribution >= 0.6 is 11.8 Å². The van der Waals surface area contributed by atoms with Crippen LogP contribution in [0.25, 0.3) is 0 Å². The number of benzene rings is 1. The Labute approximate surface area is 80.0 Å². The molecule has 0 atom stereocenters. The van der Waals surface area contributed by atoms with Gasteiger partial charge < -0.3 is 5.11 Å². The molecule has 66 valence electrons. The molecule has 0 aliphatic heterocycles. The van der Waals surface area contributed by atoms with Gasteiger partial charge in [0.25, 0.3) is 0 Å². The maximum absolute atomic E-state index is 10.6. The first-order valence-electron chi connectivity index (χ1n) is 3.55. The van der Waals surface area contributed by atoms with E-state index in [2.05, 4.69) is 0 Å². The van der Waals surface area contributed by atoms with Crippen LogP contribution in [0.4, 0.5) is 0 Å². The second-order valence-corrected chi connectivity index (χ2v) is 3.31. The summed E-state index contributed by atoms with van der Waals surface area (Å²) in [5.41, 5.74) is 1.12. The molecule has 0 saturated carbocycles. The molecule has 1 aromatic rings. The van der Waals surface area contributed by atoms with E-state index in [-0.39, 0.29) is 5.56 Å². The van der Waals surface area contributed by atoms with E-state index in [1.54, 1.807) is 6.07 Å². The molecule has 0 aliphatic carbocycles. The average Bonchev–Trinajstić information content (AvgIpc) is 2.08. The number of nitrogens with zero attached hydrogens (tertiary/aromatic N) is 1. The zero-order chi connectivity index (χ0) is 9.84. The van der Waals surface area contributed by atoms with Gasteiger partial charge in [0, 0.05) is 4.90 Å². The largest absolute Gasteiger partial charge is 0.478 e. The van der Waals surface area contributed by atoms with E-state index in [0.717, 1.165) is 17.3 Å². The Kier molecular flexibility index (Phi) is 2.93. The highest BCUT2D eigenvalue weighted by atomic mass is 32.2. The van der Waals surface area contributed by atoms with Crippen molar-refractivity contribution >= 4 is 17.7 Å². The van der Waals surface area contributed by atoms with E-state index in [1.165, 1.54) is 12.1 Å². The number of carboxylic acid groups (broad SMARTS) is 1. The van der Waals surface area contributed by atoms with Crippen LogP contribution in [-0.4, -0.2) is 11.1 Å². The highest BCUT2D eigenvalue weighted by Crippen LogP contribution is 2.22. The highest BCUT2D eigenvalue weighted by Gasteiger charge is 2.05. The lowest BCUT2D eigenvalue weighted by Gasteiger charge is -2.01. The van der Waals surface area contributed by atoms with Crippen molar-refractivity contribution in [1.29, 1.82) is 5.26 Å². The SMILES string of the molecule is Cc1ccc(C(=O)O)cc1SC#N. The van der Waals surface area contributed by atoms with Gasteiger partial charge in [-0.15, -0.1) is 0 Å². The summed E-state index contributed by atoms with van der Waals surface area (Å²) in [5, 5.41) is 19.0. The lowest BCUT2D eigenvalue weighted by molar-refractivity contribution is 0.0696. The van der Waals surface area contributed by atoms with Crippen LogP contribution in [0.15, 0.2) is 23.1 Å². The minimum atomic E-state index is -0.972. The van der Waals surface area contributed by atoms with Gasteiger partial charge in [0.05, 0.1) is 5.56 Å². The quantitative estimate of drug-likeness (QED) is 0.578. The van der Waals surface area contributed by atoms with E-state index in [1.807, 2.05) is 12.3 Å². The fraction of sp³-hybridized carbons (Fsp3) is 0.111. The predicted octanol–water partition coefficient (Wildman–Crippen LogP) is 2.27. The summed E-state index contributed by atoms with van der Waals surface area (Å²) in [5.74, 6) is -0.972. The molecule has 4 heteroatoms. The molecule has 0 saturated heterocycles. The first kappa shape index (κ1) is 9.62. The smallest absolute Gasteiger partial charge is 0.335 e. The van der Waals surface area contributed by atoms with Gasteiger partial charge >= 0.3 is 5.97 Å². The minimum Gasteiger partial charge on any atom is -0.478 e. The lowest BCUT2D eigenvalue weighted by Crippen LogP contribution is -1.96. The van der Waals surface area contributed by atoms with Crippen molar-refractivity contribution in [3.8, 4) is 5.40 Å². The number of thiocyanates is 1. The number of thioether (sulfide) groups is 1. The van der Waals surface area contributed by atoms with Crippen molar-refractivity contribution < 1.29 is 9.90 Å². The maximum Gasteiger partial charge on any atom is 0.335 e. The van der Waals surface area contributed by atoms with Crippen LogP contribution in [0.2, 0.25) is 0 Å². The third-order valence-electron chi connectivity index (χ3n) is 1.59. The van der Waals surface area contributed by atoms with E-state index in [4.69, 9.17) is 10.4 Å². The van der Waals surface area contributed by atoms with E-state index >= 15 is 0 Å². The Morgan fingerprint density at radius 3 is 2.85 bits per heavy atom. The number of aromatic carboxylic acids is 1. The Balaban J connectivity index is 3.12. The van der Waals surface area contributed by atoms with Gasteiger partial charge in [-0.2, -0.15) is 5.26 Å². The summed E-state index contributed by atoms with van der Waals surface area (Å²) >= 11 is 0.976. The predicted molar refractivity (Wildman–Crippen MR) is 49.6 cm³/mol. The van der Waals surface area contributed by atoms with Crippen molar-refractivity contribution in [1.82, 2.24) is 0 Å². The molecule has 0 radical (unpaired) electrons.